The van der Waals surface area contributed by atoms with E-state index in [2.05, 4.69) is 5.32 Å². The molecule has 3 aromatic carbocycles. The summed E-state index contributed by atoms with van der Waals surface area (Å²) in [6, 6.07) is 15.8. The maximum Gasteiger partial charge on any atom is 0.247 e. The lowest BCUT2D eigenvalue weighted by atomic mass is 9.83. The Morgan fingerprint density at radius 2 is 1.54 bits per heavy atom. The summed E-state index contributed by atoms with van der Waals surface area (Å²) in [5.41, 5.74) is 5.28. The molecule has 0 aliphatic rings. The molecule has 2 atom stereocenters. The molecule has 0 spiro atoms. The van der Waals surface area contributed by atoms with Crippen molar-refractivity contribution in [1.29, 1.82) is 0 Å². The van der Waals surface area contributed by atoms with Crippen LogP contribution in [0.15, 0.2) is 54.6 Å². The number of carbonyl (C=O) groups is 1. The molecule has 8 heteroatoms. The maximum atomic E-state index is 13.8. The van der Waals surface area contributed by atoms with Crippen LogP contribution in [0.5, 0.6) is 0 Å². The molecule has 2 N–H and O–H groups in total. The quantitative estimate of drug-likeness (QED) is 0.276. The van der Waals surface area contributed by atoms with Crippen molar-refractivity contribution in [3.8, 4) is 11.1 Å². The summed E-state index contributed by atoms with van der Waals surface area (Å²) in [7, 11) is 3.96. The molecule has 0 aliphatic carbocycles. The van der Waals surface area contributed by atoms with Gasteiger partial charge in [0.05, 0.1) is 5.02 Å². The topological polar surface area (TPSA) is 69.6 Å². The van der Waals surface area contributed by atoms with E-state index in [1.54, 1.807) is 24.3 Å². The Balaban J connectivity index is 2.09. The lowest BCUT2D eigenvalue weighted by Gasteiger charge is -2.26. The van der Waals surface area contributed by atoms with Crippen molar-refractivity contribution in [2.45, 2.75) is 51.3 Å². The minimum absolute atomic E-state index is 0.0177. The highest BCUT2D eigenvalue weighted by Gasteiger charge is 2.33. The third kappa shape index (κ3) is 7.05. The second-order valence-electron chi connectivity index (χ2n) is 10.1. The summed E-state index contributed by atoms with van der Waals surface area (Å²) in [5, 5.41) is 1.56. The molecule has 198 valence electrons. The molecule has 3 rings (SSSR count). The third-order valence-corrected chi connectivity index (χ3v) is 7.31. The lowest BCUT2D eigenvalue weighted by molar-refractivity contribution is -0.116. The van der Waals surface area contributed by atoms with Gasteiger partial charge in [-0.2, -0.15) is 0 Å². The number of benzene rings is 3. The van der Waals surface area contributed by atoms with Crippen molar-refractivity contribution in [1.82, 2.24) is 4.90 Å². The van der Waals surface area contributed by atoms with E-state index in [1.165, 1.54) is 6.07 Å². The summed E-state index contributed by atoms with van der Waals surface area (Å²) in [6.45, 7) is 8.66. The molecule has 0 saturated heterocycles. The minimum Gasteiger partial charge on any atom is -0.325 e. The zero-order valence-electron chi connectivity index (χ0n) is 22.0. The third-order valence-electron chi connectivity index (χ3n) is 6.16. The summed E-state index contributed by atoms with van der Waals surface area (Å²) in [5.74, 6) is -1.15. The minimum atomic E-state index is -2.47. The molecule has 2 unspecified atom stereocenters. The van der Waals surface area contributed by atoms with Gasteiger partial charge in [0.2, 0.25) is 5.91 Å². The number of amides is 1. The van der Waals surface area contributed by atoms with E-state index in [-0.39, 0.29) is 16.9 Å². The largest absolute Gasteiger partial charge is 0.325 e. The molecule has 0 aromatic heterocycles. The predicted octanol–water partition coefficient (Wildman–Crippen LogP) is 7.36. The molecule has 3 aromatic rings. The number of hydrogen-bond donors (Lipinski definition) is 2. The Labute approximate surface area is 226 Å². The molecule has 0 saturated carbocycles. The Bertz CT molecular complexity index is 1260. The van der Waals surface area contributed by atoms with Crippen molar-refractivity contribution in [2.24, 2.45) is 0 Å². The van der Waals surface area contributed by atoms with Crippen LogP contribution in [0.3, 0.4) is 0 Å². The number of anilines is 1. The van der Waals surface area contributed by atoms with E-state index in [4.69, 9.17) is 11.6 Å². The van der Waals surface area contributed by atoms with Crippen LogP contribution < -0.4 is 5.32 Å². The van der Waals surface area contributed by atoms with Gasteiger partial charge in [0.1, 0.15) is 5.82 Å². The standard InChI is InChI=1S/C29H34ClFN2O3S/c1-17(2)23-13-21(20-9-12-26(31)25(30)15-20)14-24(18(3)4)27(23)28(37(35)36)29(34)32-22-10-7-19(8-11-22)16-33(5)6/h7-15,17-18,28H,16H2,1-6H3,(H,32,34)(H,35,36). The smallest absolute Gasteiger partial charge is 0.247 e. The van der Waals surface area contributed by atoms with Gasteiger partial charge in [-0.25, -0.2) is 8.60 Å². The first-order valence-corrected chi connectivity index (χ1v) is 13.7. The average molecular weight is 545 g/mol. The first kappa shape index (κ1) is 29.0. The fourth-order valence-electron chi connectivity index (χ4n) is 4.39. The fraction of sp³-hybridized carbons (Fsp3) is 0.345. The van der Waals surface area contributed by atoms with Crippen LogP contribution >= 0.6 is 11.6 Å². The normalized spacial score (nSPS) is 13.3. The SMILES string of the molecule is CC(C)c1cc(-c2ccc(F)c(Cl)c2)cc(C(C)C)c1C(C(=O)Nc1ccc(CN(C)C)cc1)S(=O)O. The molecule has 5 nitrogen and oxygen atoms in total. The van der Waals surface area contributed by atoms with Gasteiger partial charge in [-0.3, -0.25) is 4.79 Å². The zero-order chi connectivity index (χ0) is 27.4. The Morgan fingerprint density at radius 1 is 0.973 bits per heavy atom. The van der Waals surface area contributed by atoms with E-state index in [0.717, 1.165) is 34.4 Å². The number of carbonyl (C=O) groups excluding carboxylic acids is 1. The summed E-state index contributed by atoms with van der Waals surface area (Å²) in [4.78, 5) is 15.5. The monoisotopic (exact) mass is 544 g/mol. The number of hydrogen-bond acceptors (Lipinski definition) is 3. The summed E-state index contributed by atoms with van der Waals surface area (Å²) >= 11 is 3.57. The Morgan fingerprint density at radius 3 is 2.00 bits per heavy atom. The number of nitrogens with zero attached hydrogens (tertiary/aromatic N) is 1. The number of halogens is 2. The first-order chi connectivity index (χ1) is 17.4. The van der Waals surface area contributed by atoms with Gasteiger partial charge in [0.25, 0.3) is 0 Å². The van der Waals surface area contributed by atoms with Crippen molar-refractivity contribution in [3.05, 3.63) is 87.7 Å². The van der Waals surface area contributed by atoms with Gasteiger partial charge in [-0.05, 0) is 83.6 Å². The predicted molar refractivity (Wildman–Crippen MR) is 151 cm³/mol. The van der Waals surface area contributed by atoms with E-state index in [9.17, 15) is 17.9 Å². The highest BCUT2D eigenvalue weighted by atomic mass is 35.5. The molecule has 1 amide bonds. The van der Waals surface area contributed by atoms with Crippen molar-refractivity contribution in [2.75, 3.05) is 19.4 Å². The molecule has 0 radical (unpaired) electrons. The van der Waals surface area contributed by atoms with E-state index in [0.29, 0.717) is 11.3 Å². The van der Waals surface area contributed by atoms with Gasteiger partial charge in [0, 0.05) is 12.2 Å². The number of nitrogens with one attached hydrogen (secondary N) is 1. The van der Waals surface area contributed by atoms with Crippen molar-refractivity contribution in [3.63, 3.8) is 0 Å². The van der Waals surface area contributed by atoms with Crippen LogP contribution in [0.1, 0.15) is 67.0 Å². The second kappa shape index (κ2) is 12.3. The summed E-state index contributed by atoms with van der Waals surface area (Å²) in [6.07, 6.45) is 0. The molecule has 0 bridgehead atoms. The van der Waals surface area contributed by atoms with Crippen LogP contribution in [-0.2, 0) is 22.4 Å². The van der Waals surface area contributed by atoms with E-state index >= 15 is 0 Å². The van der Waals surface area contributed by atoms with Gasteiger partial charge in [0.15, 0.2) is 16.3 Å². The molecular weight excluding hydrogens is 511 g/mol. The zero-order valence-corrected chi connectivity index (χ0v) is 23.6. The van der Waals surface area contributed by atoms with Crippen molar-refractivity contribution < 1.29 is 17.9 Å². The van der Waals surface area contributed by atoms with Crippen molar-refractivity contribution >= 4 is 34.3 Å². The average Bonchev–Trinajstić information content (AvgIpc) is 2.81. The first-order valence-electron chi connectivity index (χ1n) is 12.2. The Hall–Kier alpha value is -2.58. The number of rotatable bonds is 9. The van der Waals surface area contributed by atoms with Crippen LogP contribution in [0.25, 0.3) is 11.1 Å². The van der Waals surface area contributed by atoms with Gasteiger partial charge < -0.3 is 14.8 Å². The molecular formula is C29H34ClFN2O3S. The molecule has 0 fully saturated rings. The molecule has 0 heterocycles. The van der Waals surface area contributed by atoms with Crippen LogP contribution in [-0.4, -0.2) is 33.7 Å². The second-order valence-corrected chi connectivity index (χ2v) is 11.5. The van der Waals surface area contributed by atoms with Crippen LogP contribution in [0, 0.1) is 5.82 Å². The molecule has 37 heavy (non-hydrogen) atoms. The van der Waals surface area contributed by atoms with E-state index in [1.807, 2.05) is 71.0 Å². The Kier molecular flexibility index (Phi) is 9.64. The van der Waals surface area contributed by atoms with Gasteiger partial charge in [-0.15, -0.1) is 0 Å². The fourth-order valence-corrected chi connectivity index (χ4v) is 5.29. The summed E-state index contributed by atoms with van der Waals surface area (Å²) < 4.78 is 36.8. The van der Waals surface area contributed by atoms with Gasteiger partial charge >= 0.3 is 0 Å². The van der Waals surface area contributed by atoms with Crippen LogP contribution in [0.4, 0.5) is 10.1 Å². The van der Waals surface area contributed by atoms with Gasteiger partial charge in [-0.1, -0.05) is 69.6 Å². The highest BCUT2D eigenvalue weighted by Crippen LogP contribution is 2.39. The molecule has 0 aliphatic heterocycles. The highest BCUT2D eigenvalue weighted by molar-refractivity contribution is 7.80. The van der Waals surface area contributed by atoms with E-state index < -0.39 is 28.1 Å². The van der Waals surface area contributed by atoms with Crippen LogP contribution in [0.2, 0.25) is 5.02 Å². The maximum absolute atomic E-state index is 13.8. The lowest BCUT2D eigenvalue weighted by Crippen LogP contribution is -2.27.